The summed E-state index contributed by atoms with van der Waals surface area (Å²) in [6.45, 7) is 3.59. The zero-order valence-electron chi connectivity index (χ0n) is 8.21. The standard InChI is InChI=1S/C10H18N2O/c1-2-4-9(7-11)10(13)5-3-6-12-8-10/h9,12-13H,2-6,8H2,1H3. The summed E-state index contributed by atoms with van der Waals surface area (Å²) in [4.78, 5) is 0. The van der Waals surface area contributed by atoms with Gasteiger partial charge >= 0.3 is 0 Å². The van der Waals surface area contributed by atoms with Gasteiger partial charge < -0.3 is 10.4 Å². The van der Waals surface area contributed by atoms with E-state index in [4.69, 9.17) is 5.26 Å². The van der Waals surface area contributed by atoms with Crippen LogP contribution < -0.4 is 5.32 Å². The van der Waals surface area contributed by atoms with E-state index < -0.39 is 5.60 Å². The first-order valence-corrected chi connectivity index (χ1v) is 5.05. The van der Waals surface area contributed by atoms with Crippen molar-refractivity contribution < 1.29 is 5.11 Å². The minimum absolute atomic E-state index is 0.203. The highest BCUT2D eigenvalue weighted by molar-refractivity contribution is 5.01. The Kier molecular flexibility index (Phi) is 3.71. The van der Waals surface area contributed by atoms with Crippen LogP contribution in [0.5, 0.6) is 0 Å². The molecule has 1 heterocycles. The number of rotatable bonds is 3. The molecule has 3 nitrogen and oxygen atoms in total. The third-order valence-corrected chi connectivity index (χ3v) is 2.78. The molecule has 1 saturated heterocycles. The maximum absolute atomic E-state index is 10.2. The van der Waals surface area contributed by atoms with Crippen LogP contribution in [0.2, 0.25) is 0 Å². The number of piperidine rings is 1. The summed E-state index contributed by atoms with van der Waals surface area (Å²) in [7, 11) is 0. The molecule has 0 aromatic heterocycles. The number of aliphatic hydroxyl groups is 1. The van der Waals surface area contributed by atoms with Gasteiger partial charge in [-0.2, -0.15) is 5.26 Å². The molecule has 3 heteroatoms. The summed E-state index contributed by atoms with van der Waals surface area (Å²) in [6.07, 6.45) is 3.49. The van der Waals surface area contributed by atoms with Crippen molar-refractivity contribution >= 4 is 0 Å². The molecule has 1 fully saturated rings. The second-order valence-corrected chi connectivity index (χ2v) is 3.85. The summed E-state index contributed by atoms with van der Waals surface area (Å²) in [6, 6.07) is 2.22. The number of nitrogens with one attached hydrogen (secondary N) is 1. The third kappa shape index (κ3) is 2.43. The van der Waals surface area contributed by atoms with Gasteiger partial charge in [0.2, 0.25) is 0 Å². The van der Waals surface area contributed by atoms with Gasteiger partial charge in [-0.15, -0.1) is 0 Å². The second-order valence-electron chi connectivity index (χ2n) is 3.85. The van der Waals surface area contributed by atoms with Crippen molar-refractivity contribution in [3.05, 3.63) is 0 Å². The molecule has 0 aromatic rings. The number of hydrogen-bond donors (Lipinski definition) is 2. The van der Waals surface area contributed by atoms with Crippen LogP contribution in [0, 0.1) is 17.2 Å². The van der Waals surface area contributed by atoms with E-state index in [9.17, 15) is 5.11 Å². The molecule has 2 unspecified atom stereocenters. The Morgan fingerprint density at radius 3 is 2.92 bits per heavy atom. The molecule has 0 saturated carbocycles. The Morgan fingerprint density at radius 1 is 1.69 bits per heavy atom. The molecule has 1 aliphatic heterocycles. The van der Waals surface area contributed by atoms with E-state index >= 15 is 0 Å². The Labute approximate surface area is 79.8 Å². The molecule has 0 aliphatic carbocycles. The largest absolute Gasteiger partial charge is 0.387 e. The van der Waals surface area contributed by atoms with Gasteiger partial charge in [0.25, 0.3) is 0 Å². The van der Waals surface area contributed by atoms with E-state index in [0.29, 0.717) is 6.54 Å². The number of β-amino-alcohol motifs (C(OH)–C–C–N with tert-alkyl or cyclic N) is 1. The van der Waals surface area contributed by atoms with Crippen LogP contribution in [-0.2, 0) is 0 Å². The lowest BCUT2D eigenvalue weighted by Gasteiger charge is -2.36. The molecule has 0 aromatic carbocycles. The van der Waals surface area contributed by atoms with E-state index in [1.807, 2.05) is 6.92 Å². The number of hydrogen-bond acceptors (Lipinski definition) is 3. The van der Waals surface area contributed by atoms with Crippen LogP contribution in [0.3, 0.4) is 0 Å². The fourth-order valence-electron chi connectivity index (χ4n) is 1.95. The quantitative estimate of drug-likeness (QED) is 0.685. The Morgan fingerprint density at radius 2 is 2.46 bits per heavy atom. The molecular formula is C10H18N2O. The molecule has 13 heavy (non-hydrogen) atoms. The van der Waals surface area contributed by atoms with Gasteiger partial charge in [-0.1, -0.05) is 13.3 Å². The monoisotopic (exact) mass is 182 g/mol. The van der Waals surface area contributed by atoms with Gasteiger partial charge in [-0.25, -0.2) is 0 Å². The van der Waals surface area contributed by atoms with Gasteiger partial charge in [0.15, 0.2) is 0 Å². The van der Waals surface area contributed by atoms with Gasteiger partial charge in [-0.3, -0.25) is 0 Å². The highest BCUT2D eigenvalue weighted by atomic mass is 16.3. The topological polar surface area (TPSA) is 56.0 Å². The maximum atomic E-state index is 10.2. The van der Waals surface area contributed by atoms with Gasteiger partial charge in [0.1, 0.15) is 0 Å². The van der Waals surface area contributed by atoms with Crippen molar-refractivity contribution in [2.24, 2.45) is 5.92 Å². The Hall–Kier alpha value is -0.590. The van der Waals surface area contributed by atoms with Crippen molar-refractivity contribution in [1.29, 1.82) is 5.26 Å². The molecule has 2 atom stereocenters. The molecular weight excluding hydrogens is 164 g/mol. The van der Waals surface area contributed by atoms with Gasteiger partial charge in [0.05, 0.1) is 17.6 Å². The van der Waals surface area contributed by atoms with E-state index in [2.05, 4.69) is 11.4 Å². The molecule has 0 amide bonds. The van der Waals surface area contributed by atoms with Crippen molar-refractivity contribution in [1.82, 2.24) is 5.32 Å². The third-order valence-electron chi connectivity index (χ3n) is 2.78. The zero-order chi connectivity index (χ0) is 9.73. The lowest BCUT2D eigenvalue weighted by Crippen LogP contribution is -2.50. The summed E-state index contributed by atoms with van der Waals surface area (Å²) < 4.78 is 0. The van der Waals surface area contributed by atoms with Crippen LogP contribution in [0.15, 0.2) is 0 Å². The first-order valence-electron chi connectivity index (χ1n) is 5.05. The first kappa shape index (κ1) is 10.5. The SMILES string of the molecule is CCCC(C#N)C1(O)CCCNC1. The first-order chi connectivity index (χ1) is 6.23. The molecule has 2 N–H and O–H groups in total. The average molecular weight is 182 g/mol. The summed E-state index contributed by atoms with van der Waals surface area (Å²) in [5.41, 5.74) is -0.775. The highest BCUT2D eigenvalue weighted by Gasteiger charge is 2.37. The normalized spacial score (nSPS) is 30.8. The highest BCUT2D eigenvalue weighted by Crippen LogP contribution is 2.28. The molecule has 1 aliphatic rings. The van der Waals surface area contributed by atoms with Crippen LogP contribution in [0.25, 0.3) is 0 Å². The van der Waals surface area contributed by atoms with Crippen molar-refractivity contribution in [3.63, 3.8) is 0 Å². The van der Waals surface area contributed by atoms with E-state index in [-0.39, 0.29) is 5.92 Å². The minimum Gasteiger partial charge on any atom is -0.387 e. The second kappa shape index (κ2) is 4.59. The maximum Gasteiger partial charge on any atom is 0.0929 e. The van der Waals surface area contributed by atoms with Crippen LogP contribution in [0.4, 0.5) is 0 Å². The van der Waals surface area contributed by atoms with Gasteiger partial charge in [0, 0.05) is 6.54 Å². The van der Waals surface area contributed by atoms with E-state index in [0.717, 1.165) is 32.2 Å². The van der Waals surface area contributed by atoms with Crippen molar-refractivity contribution in [2.45, 2.75) is 38.2 Å². The molecule has 1 rings (SSSR count). The van der Waals surface area contributed by atoms with Crippen molar-refractivity contribution in [2.75, 3.05) is 13.1 Å². The van der Waals surface area contributed by atoms with Crippen LogP contribution in [0.1, 0.15) is 32.6 Å². The summed E-state index contributed by atoms with van der Waals surface area (Å²) in [5.74, 6) is -0.203. The average Bonchev–Trinajstić information content (AvgIpc) is 2.15. The Balaban J connectivity index is 2.59. The molecule has 0 radical (unpaired) electrons. The lowest BCUT2D eigenvalue weighted by molar-refractivity contribution is -0.0212. The Bertz CT molecular complexity index is 192. The van der Waals surface area contributed by atoms with Crippen LogP contribution >= 0.6 is 0 Å². The van der Waals surface area contributed by atoms with Crippen molar-refractivity contribution in [3.8, 4) is 6.07 Å². The minimum atomic E-state index is -0.775. The smallest absolute Gasteiger partial charge is 0.0929 e. The summed E-state index contributed by atoms with van der Waals surface area (Å²) >= 11 is 0. The van der Waals surface area contributed by atoms with Gasteiger partial charge in [-0.05, 0) is 25.8 Å². The van der Waals surface area contributed by atoms with Crippen LogP contribution in [-0.4, -0.2) is 23.8 Å². The van der Waals surface area contributed by atoms with E-state index in [1.165, 1.54) is 0 Å². The predicted molar refractivity (Wildman–Crippen MR) is 51.1 cm³/mol. The fourth-order valence-corrected chi connectivity index (χ4v) is 1.95. The predicted octanol–water partition coefficient (Wildman–Crippen LogP) is 1.04. The van der Waals surface area contributed by atoms with E-state index in [1.54, 1.807) is 0 Å². The number of nitrogens with zero attached hydrogens (tertiary/aromatic N) is 1. The molecule has 74 valence electrons. The fraction of sp³-hybridized carbons (Fsp3) is 0.900. The summed E-state index contributed by atoms with van der Waals surface area (Å²) in [5, 5.41) is 22.3. The number of nitriles is 1. The zero-order valence-corrected chi connectivity index (χ0v) is 8.21. The molecule has 0 bridgehead atoms. The lowest BCUT2D eigenvalue weighted by atomic mass is 9.80. The molecule has 0 spiro atoms.